The second-order valence-corrected chi connectivity index (χ2v) is 7.33. The molecule has 0 saturated carbocycles. The molecule has 1 nitrogen and oxygen atoms in total. The van der Waals surface area contributed by atoms with Gasteiger partial charge in [0.25, 0.3) is 0 Å². The zero-order valence-corrected chi connectivity index (χ0v) is 19.1. The van der Waals surface area contributed by atoms with Gasteiger partial charge in [0.2, 0.25) is 0 Å². The van der Waals surface area contributed by atoms with Crippen LogP contribution in [0, 0.1) is 18.7 Å². The van der Waals surface area contributed by atoms with Crippen molar-refractivity contribution in [1.29, 1.82) is 0 Å². The first kappa shape index (κ1) is 24.1. The van der Waals surface area contributed by atoms with E-state index in [1.165, 1.54) is 27.7 Å². The first-order valence-electron chi connectivity index (χ1n) is 10.6. The summed E-state index contributed by atoms with van der Waals surface area (Å²) in [6.45, 7) is 7.32. The van der Waals surface area contributed by atoms with E-state index in [2.05, 4.69) is 83.6 Å². The normalized spacial score (nSPS) is 10.3. The van der Waals surface area contributed by atoms with E-state index >= 15 is 0 Å². The Bertz CT molecular complexity index is 1330. The van der Waals surface area contributed by atoms with E-state index in [-0.39, 0.29) is 18.9 Å². The van der Waals surface area contributed by atoms with Crippen molar-refractivity contribution in [3.8, 4) is 16.8 Å². The molecule has 1 heterocycles. The van der Waals surface area contributed by atoms with Crippen molar-refractivity contribution in [2.45, 2.75) is 6.92 Å². The third kappa shape index (κ3) is 6.05. The second kappa shape index (κ2) is 11.9. The van der Waals surface area contributed by atoms with Gasteiger partial charge in [-0.1, -0.05) is 36.4 Å². The van der Waals surface area contributed by atoms with Crippen LogP contribution in [0.5, 0.6) is 0 Å². The summed E-state index contributed by atoms with van der Waals surface area (Å²) >= 11 is 0. The molecular weight excluding hydrogens is 393 g/mol. The van der Waals surface area contributed by atoms with Crippen molar-refractivity contribution < 1.29 is 18.9 Å². The van der Waals surface area contributed by atoms with Crippen LogP contribution in [0.25, 0.3) is 39.9 Å². The van der Waals surface area contributed by atoms with E-state index in [1.54, 1.807) is 6.08 Å². The first-order chi connectivity index (χ1) is 15.8. The number of para-hydroxylation sites is 1. The van der Waals surface area contributed by atoms with Gasteiger partial charge in [-0.15, -0.1) is 17.2 Å². The smallest absolute Gasteiger partial charge is 0.344 e. The number of fused-ring (bicyclic) bond motifs is 1. The van der Waals surface area contributed by atoms with Gasteiger partial charge in [0.15, 0.2) is 0 Å². The fraction of sp³-hybridized carbons (Fsp3) is 0.0323. The maximum Gasteiger partial charge on any atom is 1.00 e. The topological polar surface area (TPSA) is 4.93 Å². The number of aromatic nitrogens is 1. The van der Waals surface area contributed by atoms with E-state index in [0.29, 0.717) is 0 Å². The van der Waals surface area contributed by atoms with Crippen molar-refractivity contribution >= 4 is 23.1 Å². The molecule has 0 amide bonds. The van der Waals surface area contributed by atoms with E-state index < -0.39 is 0 Å². The molecule has 5 aromatic rings. The summed E-state index contributed by atoms with van der Waals surface area (Å²) in [6.07, 6.45) is 7.70. The number of benzene rings is 4. The number of hydrogen-bond acceptors (Lipinski definition) is 0. The third-order valence-corrected chi connectivity index (χ3v) is 5.16. The molecule has 0 radical (unpaired) electrons. The molecular formula is C31H24LiN-2. The number of allylic oxidation sites excluding steroid dienone is 1. The number of hydrogen-bond donors (Lipinski definition) is 0. The predicted molar refractivity (Wildman–Crippen MR) is 136 cm³/mol. The third-order valence-electron chi connectivity index (χ3n) is 5.16. The number of nitrogens with zero attached hydrogens (tertiary/aromatic N) is 1. The zero-order chi connectivity index (χ0) is 22.2. The van der Waals surface area contributed by atoms with Crippen LogP contribution < -0.4 is 18.9 Å². The molecule has 1 aromatic heterocycles. The molecule has 5 rings (SSSR count). The van der Waals surface area contributed by atoms with Crippen molar-refractivity contribution in [3.05, 3.63) is 139 Å². The largest absolute Gasteiger partial charge is 1.00 e. The van der Waals surface area contributed by atoms with Crippen LogP contribution in [0.1, 0.15) is 18.1 Å². The quantitative estimate of drug-likeness (QED) is 0.284. The van der Waals surface area contributed by atoms with E-state index in [9.17, 15) is 0 Å². The van der Waals surface area contributed by atoms with Crippen LogP contribution in [0.2, 0.25) is 0 Å². The predicted octanol–water partition coefficient (Wildman–Crippen LogP) is 5.07. The van der Waals surface area contributed by atoms with E-state index in [0.717, 1.165) is 11.1 Å². The Hall–Kier alpha value is -3.50. The summed E-state index contributed by atoms with van der Waals surface area (Å²) < 4.78 is 2.22. The minimum absolute atomic E-state index is 0. The summed E-state index contributed by atoms with van der Waals surface area (Å²) in [5.41, 5.74) is 6.97. The molecule has 0 atom stereocenters. The molecule has 0 fully saturated rings. The van der Waals surface area contributed by atoms with E-state index in [4.69, 9.17) is 6.58 Å². The van der Waals surface area contributed by atoms with Gasteiger partial charge in [-0.3, -0.25) is 0 Å². The standard InChI is InChI=1S/C20H14N.C11H10.Li/c1-3-7-16(8-4-1)17-11-12-20-18(15-17)13-14-21(20)19-9-5-2-6-10-19;1-3-6-11-8-5-7-10(4-2)9-11;/h2-15H;2-6,8-9H,1H3;/q-1;-2;+1/b;6-3+;. The van der Waals surface area contributed by atoms with Crippen molar-refractivity contribution in [3.63, 3.8) is 0 Å². The molecule has 0 aliphatic carbocycles. The van der Waals surface area contributed by atoms with Gasteiger partial charge in [-0.05, 0) is 42.8 Å². The van der Waals surface area contributed by atoms with Gasteiger partial charge in [-0.25, -0.2) is 12.1 Å². The van der Waals surface area contributed by atoms with Crippen molar-refractivity contribution in [1.82, 2.24) is 4.57 Å². The molecule has 0 unspecified atom stereocenters. The zero-order valence-electron chi connectivity index (χ0n) is 19.1. The van der Waals surface area contributed by atoms with Gasteiger partial charge in [0.1, 0.15) is 0 Å². The second-order valence-electron chi connectivity index (χ2n) is 7.33. The number of rotatable bonds is 4. The Morgan fingerprint density at radius 2 is 1.61 bits per heavy atom. The Balaban J connectivity index is 0.000000219. The van der Waals surface area contributed by atoms with Gasteiger partial charge in [-0.2, -0.15) is 36.4 Å². The molecule has 4 aromatic carbocycles. The fourth-order valence-electron chi connectivity index (χ4n) is 3.61. The summed E-state index contributed by atoms with van der Waals surface area (Å²) in [5.74, 6) is 0. The first-order valence-corrected chi connectivity index (χ1v) is 10.6. The van der Waals surface area contributed by atoms with Crippen LogP contribution in [-0.2, 0) is 0 Å². The molecule has 0 spiro atoms. The minimum atomic E-state index is 0. The molecule has 2 heteroatoms. The molecule has 0 aliphatic heterocycles. The Morgan fingerprint density at radius 1 is 0.818 bits per heavy atom. The molecule has 33 heavy (non-hydrogen) atoms. The van der Waals surface area contributed by atoms with Crippen LogP contribution in [0.15, 0.2) is 109 Å². The molecule has 0 aliphatic rings. The minimum Gasteiger partial charge on any atom is -0.344 e. The maximum atomic E-state index is 5.33. The van der Waals surface area contributed by atoms with Crippen molar-refractivity contribution in [2.24, 2.45) is 0 Å². The van der Waals surface area contributed by atoms with Crippen LogP contribution in [0.4, 0.5) is 0 Å². The van der Waals surface area contributed by atoms with Crippen LogP contribution in [0.3, 0.4) is 0 Å². The fourth-order valence-corrected chi connectivity index (χ4v) is 3.61. The molecule has 0 bridgehead atoms. The van der Waals surface area contributed by atoms with Gasteiger partial charge in [0.05, 0.1) is 5.52 Å². The van der Waals surface area contributed by atoms with E-state index in [1.807, 2.05) is 55.5 Å². The molecule has 0 N–H and O–H groups in total. The van der Waals surface area contributed by atoms with Crippen LogP contribution >= 0.6 is 0 Å². The van der Waals surface area contributed by atoms with Gasteiger partial charge in [0, 0.05) is 17.3 Å². The van der Waals surface area contributed by atoms with Gasteiger partial charge >= 0.3 is 18.9 Å². The maximum absolute atomic E-state index is 5.33. The monoisotopic (exact) mass is 417 g/mol. The SMILES string of the molecule is [CH-]=Cc1[c-]ccc(/C=C/C)c1.[Li+].[c-]1ccc(-c2ccc3c(ccn3-c3ccccc3)c2)cc1. The van der Waals surface area contributed by atoms with Crippen LogP contribution in [-0.4, -0.2) is 4.57 Å². The summed E-state index contributed by atoms with van der Waals surface area (Å²) in [5, 5.41) is 1.25. The average molecular weight is 417 g/mol. The average Bonchev–Trinajstić information content (AvgIpc) is 3.29. The summed E-state index contributed by atoms with van der Waals surface area (Å²) in [6, 6.07) is 39.2. The van der Waals surface area contributed by atoms with Crippen molar-refractivity contribution in [2.75, 3.05) is 0 Å². The molecule has 156 valence electrons. The molecule has 0 saturated heterocycles. The Kier molecular flexibility index (Phi) is 8.73. The Morgan fingerprint density at radius 3 is 2.33 bits per heavy atom. The van der Waals surface area contributed by atoms with Gasteiger partial charge < -0.3 is 22.8 Å². The summed E-state index contributed by atoms with van der Waals surface area (Å²) in [7, 11) is 0. The Labute approximate surface area is 208 Å². The summed E-state index contributed by atoms with van der Waals surface area (Å²) in [4.78, 5) is 0.